The number of hydrogen-bond acceptors (Lipinski definition) is 7. The van der Waals surface area contributed by atoms with Gasteiger partial charge in [0.2, 0.25) is 15.8 Å². The molecule has 1 fully saturated rings. The molecule has 8 nitrogen and oxygen atoms in total. The van der Waals surface area contributed by atoms with Crippen molar-refractivity contribution in [3.05, 3.63) is 75.6 Å². The Morgan fingerprint density at radius 1 is 1.10 bits per heavy atom. The Bertz CT molecular complexity index is 1290. The summed E-state index contributed by atoms with van der Waals surface area (Å²) in [6.45, 7) is 2.99. The Balaban J connectivity index is 1.50. The summed E-state index contributed by atoms with van der Waals surface area (Å²) in [5.41, 5.74) is 1.36. The van der Waals surface area contributed by atoms with E-state index in [0.29, 0.717) is 42.8 Å². The van der Waals surface area contributed by atoms with E-state index >= 15 is 0 Å². The van der Waals surface area contributed by atoms with Gasteiger partial charge in [-0.05, 0) is 36.8 Å². The van der Waals surface area contributed by atoms with Crippen molar-refractivity contribution in [3.8, 4) is 0 Å². The number of fused-ring (bicyclic) bond motifs is 1. The minimum absolute atomic E-state index is 0.121. The van der Waals surface area contributed by atoms with E-state index < -0.39 is 16.0 Å². The van der Waals surface area contributed by atoms with Crippen LogP contribution < -0.4 is 5.43 Å². The van der Waals surface area contributed by atoms with Gasteiger partial charge in [-0.1, -0.05) is 23.8 Å². The minimum Gasteiger partial charge on any atom is -0.455 e. The number of rotatable bonds is 5. The molecule has 31 heavy (non-hydrogen) atoms. The Morgan fingerprint density at radius 2 is 1.87 bits per heavy atom. The zero-order valence-electron chi connectivity index (χ0n) is 16.9. The first kappa shape index (κ1) is 21.2. The lowest BCUT2D eigenvalue weighted by Crippen LogP contribution is -2.40. The second-order valence-corrected chi connectivity index (χ2v) is 9.15. The maximum absolute atomic E-state index is 12.8. The molecule has 162 valence electrons. The van der Waals surface area contributed by atoms with Gasteiger partial charge in [0, 0.05) is 19.2 Å². The molecule has 0 atom stereocenters. The van der Waals surface area contributed by atoms with Crippen LogP contribution >= 0.6 is 0 Å². The average molecular weight is 443 g/mol. The van der Waals surface area contributed by atoms with Crippen molar-refractivity contribution in [2.24, 2.45) is 0 Å². The molecule has 0 spiro atoms. The Morgan fingerprint density at radius 3 is 2.65 bits per heavy atom. The van der Waals surface area contributed by atoms with Crippen molar-refractivity contribution in [3.63, 3.8) is 0 Å². The molecule has 1 saturated heterocycles. The lowest BCUT2D eigenvalue weighted by Gasteiger charge is -2.26. The molecule has 0 unspecified atom stereocenters. The van der Waals surface area contributed by atoms with E-state index in [2.05, 4.69) is 0 Å². The second kappa shape index (κ2) is 8.62. The van der Waals surface area contributed by atoms with Crippen LogP contribution in [0.1, 0.15) is 21.7 Å². The van der Waals surface area contributed by atoms with Crippen molar-refractivity contribution in [1.82, 2.24) is 4.31 Å². The van der Waals surface area contributed by atoms with Gasteiger partial charge in [-0.15, -0.1) is 0 Å². The van der Waals surface area contributed by atoms with Gasteiger partial charge in [-0.3, -0.25) is 4.79 Å². The third kappa shape index (κ3) is 4.53. The van der Waals surface area contributed by atoms with Crippen LogP contribution in [0.15, 0.2) is 62.6 Å². The van der Waals surface area contributed by atoms with Gasteiger partial charge in [0.05, 0.1) is 23.5 Å². The lowest BCUT2D eigenvalue weighted by atomic mass is 10.1. The SMILES string of the molecule is Cc1ccc2oc(C(=O)OCc3cccc(S(=O)(=O)N4CCOCC4)c3)cc(=O)c2c1. The van der Waals surface area contributed by atoms with E-state index in [1.54, 1.807) is 30.3 Å². The van der Waals surface area contributed by atoms with Crippen LogP contribution in [0.2, 0.25) is 0 Å². The van der Waals surface area contributed by atoms with E-state index in [4.69, 9.17) is 13.9 Å². The highest BCUT2D eigenvalue weighted by Gasteiger charge is 2.26. The second-order valence-electron chi connectivity index (χ2n) is 7.21. The summed E-state index contributed by atoms with van der Waals surface area (Å²) in [5.74, 6) is -1.01. The molecule has 0 aliphatic carbocycles. The van der Waals surface area contributed by atoms with E-state index in [-0.39, 0.29) is 22.7 Å². The summed E-state index contributed by atoms with van der Waals surface area (Å²) in [5, 5.41) is 0.387. The first-order valence-electron chi connectivity index (χ1n) is 9.73. The van der Waals surface area contributed by atoms with Gasteiger partial charge in [-0.2, -0.15) is 4.31 Å². The highest BCUT2D eigenvalue weighted by atomic mass is 32.2. The Hall–Kier alpha value is -3.01. The quantitative estimate of drug-likeness (QED) is 0.558. The van der Waals surface area contributed by atoms with Gasteiger partial charge >= 0.3 is 5.97 Å². The fourth-order valence-electron chi connectivity index (χ4n) is 3.32. The van der Waals surface area contributed by atoms with Crippen molar-refractivity contribution in [2.45, 2.75) is 18.4 Å². The van der Waals surface area contributed by atoms with Crippen LogP contribution in [0.25, 0.3) is 11.0 Å². The van der Waals surface area contributed by atoms with Crippen LogP contribution in [-0.4, -0.2) is 45.0 Å². The number of benzene rings is 2. The number of sulfonamides is 1. The third-order valence-corrected chi connectivity index (χ3v) is 6.85. The number of hydrogen-bond donors (Lipinski definition) is 0. The van der Waals surface area contributed by atoms with E-state index in [9.17, 15) is 18.0 Å². The van der Waals surface area contributed by atoms with E-state index in [0.717, 1.165) is 11.6 Å². The molecule has 1 aliphatic heterocycles. The molecule has 2 aromatic carbocycles. The van der Waals surface area contributed by atoms with Gasteiger partial charge in [-0.25, -0.2) is 13.2 Å². The number of ether oxygens (including phenoxy) is 2. The molecule has 0 N–H and O–H groups in total. The molecule has 1 aromatic heterocycles. The predicted octanol–water partition coefficient (Wildman–Crippen LogP) is 2.48. The monoisotopic (exact) mass is 443 g/mol. The summed E-state index contributed by atoms with van der Waals surface area (Å²) < 4.78 is 42.9. The van der Waals surface area contributed by atoms with Crippen LogP contribution in [-0.2, 0) is 26.1 Å². The predicted molar refractivity (Wildman–Crippen MR) is 112 cm³/mol. The van der Waals surface area contributed by atoms with Crippen LogP contribution in [0.3, 0.4) is 0 Å². The van der Waals surface area contributed by atoms with Gasteiger partial charge < -0.3 is 13.9 Å². The number of carbonyl (C=O) groups excluding carboxylic acids is 1. The van der Waals surface area contributed by atoms with Crippen LogP contribution in [0.4, 0.5) is 0 Å². The van der Waals surface area contributed by atoms with E-state index in [1.807, 2.05) is 6.92 Å². The highest BCUT2D eigenvalue weighted by Crippen LogP contribution is 2.20. The summed E-state index contributed by atoms with van der Waals surface area (Å²) in [7, 11) is -3.66. The largest absolute Gasteiger partial charge is 0.455 e. The third-order valence-electron chi connectivity index (χ3n) is 4.96. The number of nitrogens with zero attached hydrogens (tertiary/aromatic N) is 1. The summed E-state index contributed by atoms with van der Waals surface area (Å²) in [4.78, 5) is 24.8. The molecule has 0 saturated carbocycles. The normalized spacial score (nSPS) is 15.1. The number of carbonyl (C=O) groups is 1. The summed E-state index contributed by atoms with van der Waals surface area (Å²) >= 11 is 0. The lowest BCUT2D eigenvalue weighted by molar-refractivity contribution is 0.0436. The topological polar surface area (TPSA) is 103 Å². The fourth-order valence-corrected chi connectivity index (χ4v) is 4.80. The first-order chi connectivity index (χ1) is 14.8. The first-order valence-corrected chi connectivity index (χ1v) is 11.2. The molecule has 0 radical (unpaired) electrons. The van der Waals surface area contributed by atoms with Gasteiger partial charge in [0.25, 0.3) is 0 Å². The molecular weight excluding hydrogens is 422 g/mol. The van der Waals surface area contributed by atoms with Crippen molar-refractivity contribution in [2.75, 3.05) is 26.3 Å². The minimum atomic E-state index is -3.66. The standard InChI is InChI=1S/C22H21NO7S/c1-15-5-6-20-18(11-15)19(24)13-21(30-20)22(25)29-14-16-3-2-4-17(12-16)31(26,27)23-7-9-28-10-8-23/h2-6,11-13H,7-10,14H2,1H3. The molecule has 4 rings (SSSR count). The molecule has 0 bridgehead atoms. The van der Waals surface area contributed by atoms with Gasteiger partial charge in [0.1, 0.15) is 12.2 Å². The molecule has 3 aromatic rings. The summed E-state index contributed by atoms with van der Waals surface area (Å²) in [6.07, 6.45) is 0. The zero-order chi connectivity index (χ0) is 22.0. The average Bonchev–Trinajstić information content (AvgIpc) is 2.78. The van der Waals surface area contributed by atoms with Crippen molar-refractivity contribution >= 4 is 27.0 Å². The molecule has 0 amide bonds. The van der Waals surface area contributed by atoms with Crippen molar-refractivity contribution < 1.29 is 27.1 Å². The Kier molecular flexibility index (Phi) is 5.90. The number of morpholine rings is 1. The summed E-state index contributed by atoms with van der Waals surface area (Å²) in [6, 6.07) is 12.4. The molecule has 1 aliphatic rings. The van der Waals surface area contributed by atoms with Crippen LogP contribution in [0.5, 0.6) is 0 Å². The molecule has 2 heterocycles. The zero-order valence-corrected chi connectivity index (χ0v) is 17.7. The maximum Gasteiger partial charge on any atom is 0.374 e. The smallest absolute Gasteiger partial charge is 0.374 e. The van der Waals surface area contributed by atoms with Crippen LogP contribution in [0, 0.1) is 6.92 Å². The van der Waals surface area contributed by atoms with E-state index in [1.165, 1.54) is 16.4 Å². The van der Waals surface area contributed by atoms with Crippen molar-refractivity contribution in [1.29, 1.82) is 0 Å². The number of aryl methyl sites for hydroxylation is 1. The molecular formula is C22H21NO7S. The molecule has 9 heteroatoms. The highest BCUT2D eigenvalue weighted by molar-refractivity contribution is 7.89. The Labute approximate surface area is 179 Å². The van der Waals surface area contributed by atoms with Gasteiger partial charge in [0.15, 0.2) is 5.43 Å². The maximum atomic E-state index is 12.8. The number of esters is 1. The fraction of sp³-hybridized carbons (Fsp3) is 0.273.